The number of hydrogen-bond acceptors (Lipinski definition) is 17. The Kier molecular flexibility index (Phi) is 20.8. The van der Waals surface area contributed by atoms with Gasteiger partial charge in [0.15, 0.2) is 12.6 Å². The highest BCUT2D eigenvalue weighted by Gasteiger charge is 2.53. The highest BCUT2D eigenvalue weighted by atomic mass is 19.1. The number of alkyl halides is 1. The Labute approximate surface area is 449 Å². The van der Waals surface area contributed by atoms with Gasteiger partial charge in [-0.15, -0.1) is 5.10 Å². The maximum atomic E-state index is 14.6. The van der Waals surface area contributed by atoms with Crippen LogP contribution in [0.15, 0.2) is 54.7 Å². The average molecular weight is 1070 g/mol. The van der Waals surface area contributed by atoms with E-state index in [-0.39, 0.29) is 25.2 Å². The SMILES string of the molecule is CC[C@H]1OC(=O)[C@H](C)[C@@H](O[C@H]2C[C@@](C)(OC)[C@@H](O)[C@H](C)O2)[C@H](C)[C@@H](O[C@@H]2O[C@H](C)C[C@H](N(C)CCc3cn([C@H](CF)Cc4ccc(-c5ccc(C#N)cc5)cc4)nn3)[C@H]2O)[C@](C)(O)C[C@@H](C)CN(C)[C@H](C)[C@@H](O)[C@]1(C)O. The molecule has 0 unspecified atom stereocenters. The van der Waals surface area contributed by atoms with E-state index in [0.29, 0.717) is 43.6 Å². The van der Waals surface area contributed by atoms with Gasteiger partial charge in [-0.05, 0) is 123 Å². The number of aliphatic hydroxyl groups excluding tert-OH is 3. The van der Waals surface area contributed by atoms with E-state index in [0.717, 1.165) is 16.7 Å². The second kappa shape index (κ2) is 25.8. The first-order valence-corrected chi connectivity index (χ1v) is 27.1. The smallest absolute Gasteiger partial charge is 0.311 e. The number of hydrogen-bond donors (Lipinski definition) is 5. The van der Waals surface area contributed by atoms with Crippen LogP contribution in [-0.4, -0.2) is 188 Å². The number of carbonyl (C=O) groups excluding carboxylic acids is 1. The topological polar surface area (TPSA) is 235 Å². The second-order valence-corrected chi connectivity index (χ2v) is 23.0. The zero-order chi connectivity index (χ0) is 56.0. The molecule has 3 saturated heterocycles. The third-order valence-electron chi connectivity index (χ3n) is 16.7. The Morgan fingerprint density at radius 3 is 2.20 bits per heavy atom. The largest absolute Gasteiger partial charge is 0.459 e. The molecule has 4 heterocycles. The van der Waals surface area contributed by atoms with E-state index in [1.165, 1.54) is 14.0 Å². The van der Waals surface area contributed by atoms with Gasteiger partial charge in [0.2, 0.25) is 0 Å². The minimum atomic E-state index is -1.85. The summed E-state index contributed by atoms with van der Waals surface area (Å²) in [5, 5.41) is 77.7. The van der Waals surface area contributed by atoms with Gasteiger partial charge in [-0.3, -0.25) is 4.79 Å². The summed E-state index contributed by atoms with van der Waals surface area (Å²) in [7, 11) is 5.22. The van der Waals surface area contributed by atoms with E-state index in [9.17, 15) is 34.7 Å². The summed E-state index contributed by atoms with van der Waals surface area (Å²) in [4.78, 5) is 18.4. The summed E-state index contributed by atoms with van der Waals surface area (Å²) in [5.41, 5.74) is -0.453. The lowest BCUT2D eigenvalue weighted by Crippen LogP contribution is -2.61. The van der Waals surface area contributed by atoms with Crippen LogP contribution in [0.2, 0.25) is 0 Å². The minimum absolute atomic E-state index is 0.0850. The lowest BCUT2D eigenvalue weighted by Gasteiger charge is -2.49. The molecule has 3 aromatic rings. The highest BCUT2D eigenvalue weighted by Crippen LogP contribution is 2.40. The number of nitrogens with zero attached hydrogens (tertiary/aromatic N) is 6. The molecule has 0 radical (unpaired) electrons. The second-order valence-electron chi connectivity index (χ2n) is 23.0. The molecule has 5 N–H and O–H groups in total. The fourth-order valence-corrected chi connectivity index (χ4v) is 11.8. The zero-order valence-electron chi connectivity index (χ0n) is 47.0. The van der Waals surface area contributed by atoms with Gasteiger partial charge in [-0.2, -0.15) is 5.26 Å². The Morgan fingerprint density at radius 2 is 1.59 bits per heavy atom. The van der Waals surface area contributed by atoms with Crippen LogP contribution in [0, 0.1) is 29.1 Å². The standard InChI is InChI=1S/C57H87FN6O12/c1-14-46-57(10,70)50(66)37(6)63(12)31-33(2)27-55(8,69)52(35(4)49(36(5)53(68)74-46)75-47-28-56(9,71-13)51(67)38(7)73-47)76-54-48(65)45(25-34(3)72-54)62(11)24-23-43-32-64(61-60-43)44(29-58)26-39-15-19-41(20-16-39)42-21-17-40(30-59)18-22-42/h15-22,32-38,44-52,54,65-67,69-70H,14,23-29,31H2,1-13H3/t33-,34-,35+,36-,37-,38+,44+,45+,46-,47+,48-,49+,50-,51+,52-,54+,55-,56-,57-/m1/s1. The Bertz CT molecular complexity index is 2350. The number of nitriles is 1. The van der Waals surface area contributed by atoms with E-state index in [4.69, 9.17) is 33.7 Å². The van der Waals surface area contributed by atoms with Crippen molar-refractivity contribution >= 4 is 5.97 Å². The van der Waals surface area contributed by atoms with Crippen molar-refractivity contribution in [3.63, 3.8) is 0 Å². The molecule has 3 aliphatic heterocycles. The van der Waals surface area contributed by atoms with E-state index < -0.39 is 121 Å². The van der Waals surface area contributed by atoms with Crippen molar-refractivity contribution in [1.29, 1.82) is 5.26 Å². The van der Waals surface area contributed by atoms with Crippen LogP contribution < -0.4 is 0 Å². The van der Waals surface area contributed by atoms with Crippen LogP contribution in [-0.2, 0) is 46.1 Å². The lowest BCUT2D eigenvalue weighted by molar-refractivity contribution is -0.318. The summed E-state index contributed by atoms with van der Waals surface area (Å²) in [6.07, 6.45) is -6.82. The zero-order valence-corrected chi connectivity index (χ0v) is 47.0. The molecule has 18 nitrogen and oxygen atoms in total. The number of likely N-dealkylation sites (N-methyl/N-ethyl adjacent to an activating group) is 2. The number of aromatic nitrogens is 3. The van der Waals surface area contributed by atoms with Crippen LogP contribution >= 0.6 is 0 Å². The first-order valence-electron chi connectivity index (χ1n) is 27.1. The lowest BCUT2D eigenvalue weighted by atomic mass is 9.77. The Morgan fingerprint density at radius 1 is 0.947 bits per heavy atom. The third-order valence-corrected chi connectivity index (χ3v) is 16.7. The van der Waals surface area contributed by atoms with Gasteiger partial charge in [0.05, 0.1) is 64.9 Å². The molecule has 19 heteroatoms. The van der Waals surface area contributed by atoms with Gasteiger partial charge in [-0.25, -0.2) is 9.07 Å². The van der Waals surface area contributed by atoms with Crippen molar-refractivity contribution in [2.45, 2.75) is 204 Å². The number of rotatable bonds is 15. The number of aliphatic hydroxyl groups is 5. The maximum absolute atomic E-state index is 14.6. The summed E-state index contributed by atoms with van der Waals surface area (Å²) in [5.74, 6) is -2.87. The molecule has 424 valence electrons. The van der Waals surface area contributed by atoms with Crippen LogP contribution in [0.3, 0.4) is 0 Å². The number of benzene rings is 2. The first-order chi connectivity index (χ1) is 35.8. The van der Waals surface area contributed by atoms with Crippen LogP contribution in [0.4, 0.5) is 4.39 Å². The monoisotopic (exact) mass is 1070 g/mol. The van der Waals surface area contributed by atoms with Gasteiger partial charge < -0.3 is 63.8 Å². The number of esters is 1. The summed E-state index contributed by atoms with van der Waals surface area (Å²) in [6, 6.07) is 15.7. The van der Waals surface area contributed by atoms with Crippen molar-refractivity contribution in [2.24, 2.45) is 17.8 Å². The number of halogens is 1. The van der Waals surface area contributed by atoms with Gasteiger partial charge >= 0.3 is 5.97 Å². The van der Waals surface area contributed by atoms with Gasteiger partial charge in [0.25, 0.3) is 0 Å². The number of ether oxygens (including phenoxy) is 6. The molecule has 3 fully saturated rings. The molecule has 0 amide bonds. The Hall–Kier alpha value is -4.01. The molecule has 76 heavy (non-hydrogen) atoms. The van der Waals surface area contributed by atoms with Crippen LogP contribution in [0.5, 0.6) is 0 Å². The number of methoxy groups -OCH3 is 1. The van der Waals surface area contributed by atoms with E-state index >= 15 is 0 Å². The van der Waals surface area contributed by atoms with E-state index in [1.54, 1.807) is 71.5 Å². The van der Waals surface area contributed by atoms with Crippen LogP contribution in [0.25, 0.3) is 11.1 Å². The highest BCUT2D eigenvalue weighted by molar-refractivity contribution is 5.73. The van der Waals surface area contributed by atoms with Crippen molar-refractivity contribution in [1.82, 2.24) is 24.8 Å². The fraction of sp³-hybridized carbons (Fsp3) is 0.719. The van der Waals surface area contributed by atoms with Gasteiger partial charge in [0, 0.05) is 57.2 Å². The molecule has 0 aliphatic carbocycles. The first kappa shape index (κ1) is 61.2. The quantitative estimate of drug-likeness (QED) is 0.120. The third kappa shape index (κ3) is 14.2. The predicted molar refractivity (Wildman–Crippen MR) is 282 cm³/mol. The average Bonchev–Trinajstić information content (AvgIpc) is 3.87. The molecular weight excluding hydrogens is 980 g/mol. The molecule has 2 aromatic carbocycles. The summed E-state index contributed by atoms with van der Waals surface area (Å²) >= 11 is 0. The summed E-state index contributed by atoms with van der Waals surface area (Å²) in [6.45, 7) is 17.6. The maximum Gasteiger partial charge on any atom is 0.311 e. The number of cyclic esters (lactones) is 1. The van der Waals surface area contributed by atoms with E-state index in [2.05, 4.69) is 16.4 Å². The van der Waals surface area contributed by atoms with Crippen molar-refractivity contribution in [3.05, 3.63) is 71.5 Å². The Balaban J connectivity index is 1.23. The molecule has 0 saturated carbocycles. The number of carbonyl (C=O) groups is 1. The molecule has 1 aromatic heterocycles. The molecule has 19 atom stereocenters. The van der Waals surface area contributed by atoms with Gasteiger partial charge in [0.1, 0.15) is 36.7 Å². The molecular formula is C57H87FN6O12. The summed E-state index contributed by atoms with van der Waals surface area (Å²) < 4.78 is 54.5. The molecule has 0 bridgehead atoms. The predicted octanol–water partition coefficient (Wildman–Crippen LogP) is 5.40. The molecule has 6 rings (SSSR count). The van der Waals surface area contributed by atoms with Crippen molar-refractivity contribution < 1.29 is 63.1 Å². The van der Waals surface area contributed by atoms with E-state index in [1.807, 2.05) is 74.1 Å². The molecule has 0 spiro atoms. The van der Waals surface area contributed by atoms with Gasteiger partial charge in [-0.1, -0.05) is 62.4 Å². The van der Waals surface area contributed by atoms with Crippen molar-refractivity contribution in [2.75, 3.05) is 41.0 Å². The van der Waals surface area contributed by atoms with Crippen molar-refractivity contribution in [3.8, 4) is 17.2 Å². The van der Waals surface area contributed by atoms with Crippen LogP contribution in [0.1, 0.15) is 118 Å². The fourth-order valence-electron chi connectivity index (χ4n) is 11.8. The molecule has 3 aliphatic rings. The normalized spacial score (nSPS) is 37.9. The minimum Gasteiger partial charge on any atom is -0.459 e.